The number of nitrogens with zero attached hydrogens (tertiary/aromatic N) is 2. The number of rotatable bonds is 6. The Bertz CT molecular complexity index is 1390. The molecule has 1 aromatic heterocycles. The molecule has 4 rings (SSSR count). The summed E-state index contributed by atoms with van der Waals surface area (Å²) in [6.07, 6.45) is 0.157. The number of benzene rings is 3. The topological polar surface area (TPSA) is 79.1 Å². The molecular weight excluding hydrogens is 428 g/mol. The van der Waals surface area contributed by atoms with Crippen molar-refractivity contribution in [3.05, 3.63) is 65.0 Å². The van der Waals surface area contributed by atoms with Crippen LogP contribution in [0.1, 0.15) is 5.56 Å². The molecule has 4 aromatic rings. The fourth-order valence-corrected chi connectivity index (χ4v) is 4.55. The lowest BCUT2D eigenvalue weighted by Gasteiger charge is -2.09. The summed E-state index contributed by atoms with van der Waals surface area (Å²) in [5.74, 6) is 0.332. The van der Waals surface area contributed by atoms with E-state index in [0.717, 1.165) is 21.0 Å². The Morgan fingerprint density at radius 3 is 2.38 bits per heavy atom. The fraction of sp³-hybridized carbons (Fsp3) is 0.208. The number of hydrogen-bond acceptors (Lipinski definition) is 6. The zero-order valence-corrected chi connectivity index (χ0v) is 18.8. The molecule has 3 aromatic carbocycles. The summed E-state index contributed by atoms with van der Waals surface area (Å²) < 4.78 is 18.1. The van der Waals surface area contributed by atoms with E-state index in [1.54, 1.807) is 30.9 Å². The Hall–Kier alpha value is -3.65. The minimum atomic E-state index is -0.442. The number of aromatic nitrogens is 1. The lowest BCUT2D eigenvalue weighted by Crippen LogP contribution is -2.22. The number of carbonyl (C=O) groups excluding carboxylic acids is 2. The molecule has 0 radical (unpaired) electrons. The van der Waals surface area contributed by atoms with Gasteiger partial charge in [0.05, 0.1) is 38.0 Å². The lowest BCUT2D eigenvalue weighted by molar-refractivity contribution is -0.141. The third-order valence-electron chi connectivity index (χ3n) is 5.09. The third kappa shape index (κ3) is 4.36. The summed E-state index contributed by atoms with van der Waals surface area (Å²) in [5.41, 5.74) is 1.58. The molecule has 7 nitrogen and oxygen atoms in total. The van der Waals surface area contributed by atoms with Crippen molar-refractivity contribution in [2.45, 2.75) is 13.0 Å². The van der Waals surface area contributed by atoms with Crippen LogP contribution in [0.5, 0.6) is 11.5 Å². The van der Waals surface area contributed by atoms with Crippen LogP contribution < -0.4 is 14.3 Å². The molecule has 1 heterocycles. The zero-order valence-electron chi connectivity index (χ0n) is 18.0. The highest BCUT2D eigenvalue weighted by Gasteiger charge is 2.16. The second-order valence-corrected chi connectivity index (χ2v) is 8.09. The SMILES string of the molecule is COC(=O)Cn1c(=NC(=O)Cc2ccc3ccccc3c2)sc2cc(OC)c(OC)cc21. The second-order valence-electron chi connectivity index (χ2n) is 7.09. The highest BCUT2D eigenvalue weighted by molar-refractivity contribution is 7.16. The molecular formula is C24H22N2O5S. The van der Waals surface area contributed by atoms with Crippen LogP contribution in [-0.4, -0.2) is 37.8 Å². The standard InChI is InChI=1S/C24H22N2O5S/c1-29-19-12-18-21(13-20(19)30-2)32-24(26(18)14-23(28)31-3)25-22(27)11-15-8-9-16-6-4-5-7-17(16)10-15/h4-10,12-13H,11,14H2,1-3H3. The monoisotopic (exact) mass is 450 g/mol. The van der Waals surface area contributed by atoms with Crippen LogP contribution in [0.25, 0.3) is 21.0 Å². The Labute approximate surface area is 188 Å². The highest BCUT2D eigenvalue weighted by Crippen LogP contribution is 2.33. The van der Waals surface area contributed by atoms with Crippen molar-refractivity contribution in [2.75, 3.05) is 21.3 Å². The maximum atomic E-state index is 12.8. The molecule has 0 aliphatic rings. The average Bonchev–Trinajstić information content (AvgIpc) is 3.13. The third-order valence-corrected chi connectivity index (χ3v) is 6.13. The van der Waals surface area contributed by atoms with E-state index in [-0.39, 0.29) is 18.9 Å². The Kier molecular flexibility index (Phi) is 6.23. The first-order valence-corrected chi connectivity index (χ1v) is 10.7. The van der Waals surface area contributed by atoms with Crippen molar-refractivity contribution in [3.8, 4) is 11.5 Å². The minimum absolute atomic E-state index is 0.0753. The largest absolute Gasteiger partial charge is 0.493 e. The number of ether oxygens (including phenoxy) is 3. The first-order valence-electron chi connectivity index (χ1n) is 9.90. The van der Waals surface area contributed by atoms with Gasteiger partial charge in [0, 0.05) is 12.1 Å². The van der Waals surface area contributed by atoms with Crippen LogP contribution in [0.2, 0.25) is 0 Å². The van der Waals surface area contributed by atoms with Crippen LogP contribution >= 0.6 is 11.3 Å². The summed E-state index contributed by atoms with van der Waals surface area (Å²) in [4.78, 5) is 29.6. The summed E-state index contributed by atoms with van der Waals surface area (Å²) >= 11 is 1.30. The number of thiazole rings is 1. The molecule has 32 heavy (non-hydrogen) atoms. The normalized spacial score (nSPS) is 11.7. The quantitative estimate of drug-likeness (QED) is 0.419. The number of methoxy groups -OCH3 is 3. The Morgan fingerprint density at radius 2 is 1.66 bits per heavy atom. The van der Waals surface area contributed by atoms with Gasteiger partial charge < -0.3 is 18.8 Å². The summed E-state index contributed by atoms with van der Waals surface area (Å²) in [5, 5.41) is 2.18. The van der Waals surface area contributed by atoms with Gasteiger partial charge >= 0.3 is 5.97 Å². The number of amides is 1. The van der Waals surface area contributed by atoms with Gasteiger partial charge in [-0.1, -0.05) is 53.8 Å². The van der Waals surface area contributed by atoms with Crippen molar-refractivity contribution >= 4 is 44.2 Å². The number of hydrogen-bond donors (Lipinski definition) is 0. The fourth-order valence-electron chi connectivity index (χ4n) is 3.50. The van der Waals surface area contributed by atoms with Crippen molar-refractivity contribution in [1.29, 1.82) is 0 Å². The molecule has 0 unspecified atom stereocenters. The van der Waals surface area contributed by atoms with E-state index in [2.05, 4.69) is 4.99 Å². The van der Waals surface area contributed by atoms with Crippen LogP contribution in [0.4, 0.5) is 0 Å². The van der Waals surface area contributed by atoms with Crippen molar-refractivity contribution in [2.24, 2.45) is 4.99 Å². The molecule has 0 atom stereocenters. The van der Waals surface area contributed by atoms with Gasteiger partial charge in [-0.3, -0.25) is 9.59 Å². The first kappa shape index (κ1) is 21.6. The molecule has 0 fully saturated rings. The number of fused-ring (bicyclic) bond motifs is 2. The van der Waals surface area contributed by atoms with Gasteiger partial charge in [-0.05, 0) is 16.3 Å². The Balaban J connectivity index is 1.75. The van der Waals surface area contributed by atoms with Gasteiger partial charge in [-0.2, -0.15) is 4.99 Å². The summed E-state index contributed by atoms with van der Waals surface area (Å²) in [7, 11) is 4.42. The average molecular weight is 451 g/mol. The van der Waals surface area contributed by atoms with Crippen molar-refractivity contribution < 1.29 is 23.8 Å². The van der Waals surface area contributed by atoms with Gasteiger partial charge in [0.1, 0.15) is 6.54 Å². The van der Waals surface area contributed by atoms with Gasteiger partial charge in [0.15, 0.2) is 16.3 Å². The van der Waals surface area contributed by atoms with E-state index in [4.69, 9.17) is 14.2 Å². The lowest BCUT2D eigenvalue weighted by atomic mass is 10.1. The maximum Gasteiger partial charge on any atom is 0.325 e. The van der Waals surface area contributed by atoms with Gasteiger partial charge in [-0.15, -0.1) is 0 Å². The zero-order chi connectivity index (χ0) is 22.7. The van der Waals surface area contributed by atoms with Crippen molar-refractivity contribution in [3.63, 3.8) is 0 Å². The van der Waals surface area contributed by atoms with E-state index in [1.165, 1.54) is 18.4 Å². The van der Waals surface area contributed by atoms with Crippen LogP contribution in [0.3, 0.4) is 0 Å². The number of esters is 1. The van der Waals surface area contributed by atoms with E-state index in [1.807, 2.05) is 42.5 Å². The van der Waals surface area contributed by atoms with Crippen LogP contribution in [0.15, 0.2) is 59.6 Å². The Morgan fingerprint density at radius 1 is 0.938 bits per heavy atom. The van der Waals surface area contributed by atoms with E-state index < -0.39 is 5.97 Å². The minimum Gasteiger partial charge on any atom is -0.493 e. The van der Waals surface area contributed by atoms with Gasteiger partial charge in [0.25, 0.3) is 5.91 Å². The van der Waals surface area contributed by atoms with Gasteiger partial charge in [0.2, 0.25) is 0 Å². The van der Waals surface area contributed by atoms with Crippen molar-refractivity contribution in [1.82, 2.24) is 4.57 Å². The predicted molar refractivity (Wildman–Crippen MR) is 123 cm³/mol. The molecule has 8 heteroatoms. The molecule has 0 saturated carbocycles. The molecule has 0 aliphatic heterocycles. The molecule has 0 saturated heterocycles. The molecule has 164 valence electrons. The van der Waals surface area contributed by atoms with E-state index in [0.29, 0.717) is 21.8 Å². The maximum absolute atomic E-state index is 12.8. The molecule has 1 amide bonds. The molecule has 0 bridgehead atoms. The summed E-state index contributed by atoms with van der Waals surface area (Å²) in [6.45, 7) is -0.0753. The highest BCUT2D eigenvalue weighted by atomic mass is 32.1. The van der Waals surface area contributed by atoms with E-state index >= 15 is 0 Å². The van der Waals surface area contributed by atoms with Crippen LogP contribution in [0, 0.1) is 0 Å². The first-order chi connectivity index (χ1) is 15.5. The molecule has 0 spiro atoms. The molecule has 0 N–H and O–H groups in total. The van der Waals surface area contributed by atoms with Crippen LogP contribution in [-0.2, 0) is 27.3 Å². The summed E-state index contributed by atoms with van der Waals surface area (Å²) in [6, 6.07) is 17.5. The van der Waals surface area contributed by atoms with Gasteiger partial charge in [-0.25, -0.2) is 0 Å². The number of carbonyl (C=O) groups is 2. The second kappa shape index (κ2) is 9.23. The predicted octanol–water partition coefficient (Wildman–Crippen LogP) is 3.72. The smallest absolute Gasteiger partial charge is 0.325 e. The van der Waals surface area contributed by atoms with E-state index in [9.17, 15) is 9.59 Å². The molecule has 0 aliphatic carbocycles.